The van der Waals surface area contributed by atoms with E-state index in [9.17, 15) is 0 Å². The van der Waals surface area contributed by atoms with Gasteiger partial charge in [0.2, 0.25) is 0 Å². The summed E-state index contributed by atoms with van der Waals surface area (Å²) in [5.41, 5.74) is 0. The summed E-state index contributed by atoms with van der Waals surface area (Å²) >= 11 is 1.73. The molecule has 56 valence electrons. The van der Waals surface area contributed by atoms with E-state index in [1.807, 2.05) is 0 Å². The van der Waals surface area contributed by atoms with Crippen LogP contribution >= 0.6 is 11.8 Å². The van der Waals surface area contributed by atoms with Crippen LogP contribution in [0.4, 0.5) is 0 Å². The third-order valence-electron chi connectivity index (χ3n) is 0.957. The van der Waals surface area contributed by atoms with Crippen molar-refractivity contribution >= 4 is 11.8 Å². The first-order valence-electron chi connectivity index (χ1n) is 3.27. The van der Waals surface area contributed by atoms with Crippen LogP contribution in [0.2, 0.25) is 0 Å². The first kappa shape index (κ1) is 7.60. The molecular weight excluding hydrogens is 146 g/mol. The van der Waals surface area contributed by atoms with Gasteiger partial charge in [-0.15, -0.1) is 16.9 Å². The van der Waals surface area contributed by atoms with Crippen LogP contribution in [0, 0.1) is 5.92 Å². The van der Waals surface area contributed by atoms with Crippen molar-refractivity contribution in [2.75, 3.05) is 5.75 Å². The fourth-order valence-electron chi connectivity index (χ4n) is 0.513. The third-order valence-corrected chi connectivity index (χ3v) is 2.28. The minimum atomic E-state index is 0.710. The summed E-state index contributed by atoms with van der Waals surface area (Å²) < 4.78 is 0. The summed E-state index contributed by atoms with van der Waals surface area (Å²) in [7, 11) is 0. The number of H-pyrrole nitrogens is 1. The molecule has 1 aromatic rings. The predicted octanol–water partition coefficient (Wildman–Crippen LogP) is 1.55. The van der Waals surface area contributed by atoms with Crippen molar-refractivity contribution in [1.29, 1.82) is 0 Å². The summed E-state index contributed by atoms with van der Waals surface area (Å²) in [6, 6.07) is 0. The molecule has 0 saturated heterocycles. The molecule has 1 N–H and O–H groups in total. The first-order valence-corrected chi connectivity index (χ1v) is 4.26. The maximum atomic E-state index is 3.92. The maximum absolute atomic E-state index is 3.92. The summed E-state index contributed by atoms with van der Waals surface area (Å²) in [5, 5.41) is 11.2. The second-order valence-corrected chi connectivity index (χ2v) is 3.55. The van der Waals surface area contributed by atoms with Gasteiger partial charge in [-0.3, -0.25) is 0 Å². The highest BCUT2D eigenvalue weighted by molar-refractivity contribution is 7.99. The zero-order chi connectivity index (χ0) is 7.40. The number of hydrogen-bond donors (Lipinski definition) is 1. The molecular formula is C6H11N3S. The Hall–Kier alpha value is -0.510. The topological polar surface area (TPSA) is 41.6 Å². The molecule has 10 heavy (non-hydrogen) atoms. The lowest BCUT2D eigenvalue weighted by Gasteiger charge is -1.98. The summed E-state index contributed by atoms with van der Waals surface area (Å²) in [4.78, 5) is 0. The van der Waals surface area contributed by atoms with E-state index in [4.69, 9.17) is 0 Å². The molecule has 0 amide bonds. The standard InChI is InChI=1S/C6H11N3S/c1-5(2)4-10-6-3-7-9-8-6/h3,5H,4H2,1-2H3,(H,7,8,9). The van der Waals surface area contributed by atoms with Crippen LogP contribution in [0.1, 0.15) is 13.8 Å². The molecule has 0 spiro atoms. The van der Waals surface area contributed by atoms with Crippen molar-refractivity contribution in [1.82, 2.24) is 15.4 Å². The molecule has 0 bridgehead atoms. The van der Waals surface area contributed by atoms with E-state index in [-0.39, 0.29) is 0 Å². The Labute approximate surface area is 64.6 Å². The second-order valence-electron chi connectivity index (χ2n) is 2.51. The van der Waals surface area contributed by atoms with Crippen LogP contribution in [0.5, 0.6) is 0 Å². The first-order chi connectivity index (χ1) is 4.79. The lowest BCUT2D eigenvalue weighted by atomic mass is 10.3. The maximum Gasteiger partial charge on any atom is 0.138 e. The van der Waals surface area contributed by atoms with E-state index in [0.29, 0.717) is 5.92 Å². The van der Waals surface area contributed by atoms with Crippen molar-refractivity contribution < 1.29 is 0 Å². The van der Waals surface area contributed by atoms with E-state index >= 15 is 0 Å². The molecule has 0 aliphatic rings. The molecule has 0 atom stereocenters. The Morgan fingerprint density at radius 2 is 2.50 bits per heavy atom. The zero-order valence-corrected chi connectivity index (χ0v) is 6.98. The minimum Gasteiger partial charge on any atom is -0.197 e. The molecule has 0 saturated carbocycles. The van der Waals surface area contributed by atoms with E-state index in [0.717, 1.165) is 10.8 Å². The molecule has 1 rings (SSSR count). The molecule has 3 nitrogen and oxygen atoms in total. The Bertz CT molecular complexity index is 171. The highest BCUT2D eigenvalue weighted by atomic mass is 32.2. The molecule has 0 fully saturated rings. The van der Waals surface area contributed by atoms with Crippen LogP contribution in [-0.2, 0) is 0 Å². The molecule has 0 aliphatic carbocycles. The normalized spacial score (nSPS) is 10.7. The number of nitrogens with zero attached hydrogens (tertiary/aromatic N) is 2. The van der Waals surface area contributed by atoms with Crippen LogP contribution < -0.4 is 0 Å². The van der Waals surface area contributed by atoms with Gasteiger partial charge in [0.05, 0.1) is 6.20 Å². The fraction of sp³-hybridized carbons (Fsp3) is 0.667. The smallest absolute Gasteiger partial charge is 0.138 e. The van der Waals surface area contributed by atoms with Gasteiger partial charge in [-0.05, 0) is 5.92 Å². The van der Waals surface area contributed by atoms with Crippen molar-refractivity contribution in [2.45, 2.75) is 18.9 Å². The molecule has 1 aromatic heterocycles. The third kappa shape index (κ3) is 2.39. The Kier molecular flexibility index (Phi) is 2.74. The van der Waals surface area contributed by atoms with Crippen molar-refractivity contribution in [3.63, 3.8) is 0 Å². The SMILES string of the molecule is CC(C)CSc1cn[nH]n1. The van der Waals surface area contributed by atoms with Gasteiger partial charge in [0.15, 0.2) is 0 Å². The lowest BCUT2D eigenvalue weighted by molar-refractivity contribution is 0.749. The number of aromatic nitrogens is 3. The number of aromatic amines is 1. The summed E-state index contributed by atoms with van der Waals surface area (Å²) in [6.45, 7) is 4.38. The summed E-state index contributed by atoms with van der Waals surface area (Å²) in [6.07, 6.45) is 1.74. The number of thioether (sulfide) groups is 1. The Morgan fingerprint density at radius 3 is 3.00 bits per heavy atom. The van der Waals surface area contributed by atoms with Gasteiger partial charge in [-0.25, -0.2) is 0 Å². The van der Waals surface area contributed by atoms with Gasteiger partial charge in [0.1, 0.15) is 5.03 Å². The summed E-state index contributed by atoms with van der Waals surface area (Å²) in [5.74, 6) is 1.81. The van der Waals surface area contributed by atoms with Gasteiger partial charge in [0, 0.05) is 5.75 Å². The van der Waals surface area contributed by atoms with Crippen LogP contribution in [-0.4, -0.2) is 21.2 Å². The molecule has 0 radical (unpaired) electrons. The van der Waals surface area contributed by atoms with Crippen LogP contribution in [0.15, 0.2) is 11.2 Å². The molecule has 0 aliphatic heterocycles. The van der Waals surface area contributed by atoms with E-state index in [1.165, 1.54) is 0 Å². The second kappa shape index (κ2) is 3.61. The van der Waals surface area contributed by atoms with Gasteiger partial charge in [-0.2, -0.15) is 10.3 Å². The quantitative estimate of drug-likeness (QED) is 0.677. The molecule has 1 heterocycles. The van der Waals surface area contributed by atoms with E-state index < -0.39 is 0 Å². The average Bonchev–Trinajstić information content (AvgIpc) is 2.34. The Morgan fingerprint density at radius 1 is 1.70 bits per heavy atom. The minimum absolute atomic E-state index is 0.710. The van der Waals surface area contributed by atoms with E-state index in [2.05, 4.69) is 29.3 Å². The zero-order valence-electron chi connectivity index (χ0n) is 6.16. The lowest BCUT2D eigenvalue weighted by Crippen LogP contribution is -1.89. The molecule has 0 unspecified atom stereocenters. The van der Waals surface area contributed by atoms with Crippen LogP contribution in [0.25, 0.3) is 0 Å². The molecule has 0 aromatic carbocycles. The van der Waals surface area contributed by atoms with Gasteiger partial charge >= 0.3 is 0 Å². The fourth-order valence-corrected chi connectivity index (χ4v) is 1.25. The predicted molar refractivity (Wildman–Crippen MR) is 41.9 cm³/mol. The highest BCUT2D eigenvalue weighted by Crippen LogP contribution is 2.15. The monoisotopic (exact) mass is 157 g/mol. The average molecular weight is 157 g/mol. The van der Waals surface area contributed by atoms with Crippen molar-refractivity contribution in [3.8, 4) is 0 Å². The van der Waals surface area contributed by atoms with Gasteiger partial charge < -0.3 is 0 Å². The number of rotatable bonds is 3. The highest BCUT2D eigenvalue weighted by Gasteiger charge is 1.98. The van der Waals surface area contributed by atoms with Crippen molar-refractivity contribution in [3.05, 3.63) is 6.20 Å². The number of hydrogen-bond acceptors (Lipinski definition) is 3. The van der Waals surface area contributed by atoms with Gasteiger partial charge in [-0.1, -0.05) is 13.8 Å². The van der Waals surface area contributed by atoms with E-state index in [1.54, 1.807) is 18.0 Å². The molecule has 4 heteroatoms. The van der Waals surface area contributed by atoms with Gasteiger partial charge in [0.25, 0.3) is 0 Å². The Balaban J connectivity index is 2.28. The van der Waals surface area contributed by atoms with Crippen LogP contribution in [0.3, 0.4) is 0 Å². The van der Waals surface area contributed by atoms with Crippen molar-refractivity contribution in [2.24, 2.45) is 5.92 Å². The number of nitrogens with one attached hydrogen (secondary N) is 1. The largest absolute Gasteiger partial charge is 0.197 e.